The molecule has 0 aliphatic carbocycles. The van der Waals surface area contributed by atoms with Crippen LogP contribution in [0, 0.1) is 0 Å². The third-order valence-corrected chi connectivity index (χ3v) is 1.96. The lowest BCUT2D eigenvalue weighted by Gasteiger charge is -1.97. The molecule has 1 heteroatoms. The van der Waals surface area contributed by atoms with E-state index in [0.29, 0.717) is 0 Å². The number of hydrogen-bond donors (Lipinski definition) is 0. The van der Waals surface area contributed by atoms with E-state index in [1.54, 1.807) is 0 Å². The van der Waals surface area contributed by atoms with Crippen LogP contribution < -0.4 is 0 Å². The Hall–Kier alpha value is -0.0400. The summed E-state index contributed by atoms with van der Waals surface area (Å²) in [6, 6.07) is 0. The maximum absolute atomic E-state index is 2.27. The van der Waals surface area contributed by atoms with Crippen molar-refractivity contribution >= 4 is 0 Å². The lowest BCUT2D eigenvalue weighted by Crippen LogP contribution is -1.77. The van der Waals surface area contributed by atoms with Crippen LogP contribution in [0.25, 0.3) is 0 Å². The highest BCUT2D eigenvalue weighted by molar-refractivity contribution is 4.43. The lowest BCUT2D eigenvalue weighted by atomic mass is 10.1. The van der Waals surface area contributed by atoms with Gasteiger partial charge in [0.1, 0.15) is 0 Å². The van der Waals surface area contributed by atoms with Gasteiger partial charge in [-0.25, -0.2) is 0 Å². The summed E-state index contributed by atoms with van der Waals surface area (Å²) >= 11 is 0. The van der Waals surface area contributed by atoms with E-state index >= 15 is 0 Å². The van der Waals surface area contributed by atoms with Crippen molar-refractivity contribution in [1.29, 1.82) is 0 Å². The molecule has 0 spiro atoms. The molecule has 11 heavy (non-hydrogen) atoms. The summed E-state index contributed by atoms with van der Waals surface area (Å²) in [6.07, 6.45) is 11.5. The van der Waals surface area contributed by atoms with Gasteiger partial charge in [-0.05, 0) is 0 Å². The van der Waals surface area contributed by atoms with E-state index in [-0.39, 0.29) is 5.48 Å². The van der Waals surface area contributed by atoms with Crippen LogP contribution in [0.5, 0.6) is 0 Å². The van der Waals surface area contributed by atoms with Crippen LogP contribution in [-0.2, 0) is 0 Å². The van der Waals surface area contributed by atoms with Crippen LogP contribution in [0.2, 0.25) is 0 Å². The van der Waals surface area contributed by atoms with Gasteiger partial charge in [0.2, 0.25) is 0 Å². The van der Waals surface area contributed by atoms with Gasteiger partial charge in [-0.3, -0.25) is 0 Å². The molecule has 0 saturated heterocycles. The van der Waals surface area contributed by atoms with Crippen LogP contribution in [0.15, 0.2) is 0 Å². The van der Waals surface area contributed by atoms with Crippen molar-refractivity contribution in [3.63, 3.8) is 0 Å². The largest absolute Gasteiger partial charge is 0.412 e. The van der Waals surface area contributed by atoms with Gasteiger partial charge in [0.15, 0.2) is 0 Å². The summed E-state index contributed by atoms with van der Waals surface area (Å²) in [4.78, 5) is 0. The first-order chi connectivity index (χ1) is 4.91. The Morgan fingerprint density at radius 3 is 1.09 bits per heavy atom. The summed E-state index contributed by atoms with van der Waals surface area (Å²) < 4.78 is 0. The molecule has 70 valence electrons. The zero-order chi connectivity index (χ0) is 7.66. The molecule has 0 heterocycles. The molecule has 0 aliphatic heterocycles. The summed E-state index contributed by atoms with van der Waals surface area (Å²) in [5.41, 5.74) is 0. The molecular formula is C10H24O. The highest BCUT2D eigenvalue weighted by atomic mass is 16.0. The van der Waals surface area contributed by atoms with E-state index in [0.717, 1.165) is 0 Å². The highest BCUT2D eigenvalue weighted by Gasteiger charge is 1.87. The van der Waals surface area contributed by atoms with Gasteiger partial charge in [-0.2, -0.15) is 0 Å². The van der Waals surface area contributed by atoms with E-state index in [1.807, 2.05) is 0 Å². The van der Waals surface area contributed by atoms with Gasteiger partial charge < -0.3 is 5.48 Å². The van der Waals surface area contributed by atoms with Crippen LogP contribution in [-0.4, -0.2) is 5.48 Å². The quantitative estimate of drug-likeness (QED) is 0.512. The Morgan fingerprint density at radius 1 is 0.545 bits per heavy atom. The second-order valence-corrected chi connectivity index (χ2v) is 3.12. The summed E-state index contributed by atoms with van der Waals surface area (Å²) in [5, 5.41) is 0. The Kier molecular flexibility index (Phi) is 15.5. The second-order valence-electron chi connectivity index (χ2n) is 3.12. The first kappa shape index (κ1) is 13.5. The fraction of sp³-hybridized carbons (Fsp3) is 1.00. The maximum atomic E-state index is 2.27. The van der Waals surface area contributed by atoms with E-state index in [4.69, 9.17) is 0 Å². The van der Waals surface area contributed by atoms with Crippen LogP contribution in [0.1, 0.15) is 65.2 Å². The van der Waals surface area contributed by atoms with E-state index in [9.17, 15) is 0 Å². The molecule has 2 N–H and O–H groups in total. The third kappa shape index (κ3) is 13.0. The molecule has 0 aromatic rings. The molecule has 0 aromatic heterocycles. The minimum absolute atomic E-state index is 0. The zero-order valence-electron chi connectivity index (χ0n) is 8.16. The van der Waals surface area contributed by atoms with Crippen molar-refractivity contribution in [2.45, 2.75) is 65.2 Å². The predicted octanol–water partition coefficient (Wildman–Crippen LogP) is 3.32. The minimum Gasteiger partial charge on any atom is -0.412 e. The van der Waals surface area contributed by atoms with Gasteiger partial charge >= 0.3 is 0 Å². The molecule has 0 aliphatic rings. The fourth-order valence-electron chi connectivity index (χ4n) is 1.21. The zero-order valence-corrected chi connectivity index (χ0v) is 8.16. The minimum atomic E-state index is 0. The van der Waals surface area contributed by atoms with Crippen molar-refractivity contribution in [3.8, 4) is 0 Å². The van der Waals surface area contributed by atoms with Gasteiger partial charge in [0.05, 0.1) is 0 Å². The molecule has 0 unspecified atom stereocenters. The molecule has 0 fully saturated rings. The number of rotatable bonds is 7. The molecule has 1 nitrogen and oxygen atoms in total. The van der Waals surface area contributed by atoms with E-state index in [1.165, 1.54) is 51.4 Å². The van der Waals surface area contributed by atoms with Crippen molar-refractivity contribution < 1.29 is 5.48 Å². The summed E-state index contributed by atoms with van der Waals surface area (Å²) in [5.74, 6) is 0. The molecule has 0 radical (unpaired) electrons. The highest BCUT2D eigenvalue weighted by Crippen LogP contribution is 2.07. The first-order valence-corrected chi connectivity index (χ1v) is 4.91. The SMILES string of the molecule is CCCCCCCCCC.O. The summed E-state index contributed by atoms with van der Waals surface area (Å²) in [6.45, 7) is 4.54. The molecule has 0 amide bonds. The van der Waals surface area contributed by atoms with Gasteiger partial charge in [-0.1, -0.05) is 65.2 Å². The summed E-state index contributed by atoms with van der Waals surface area (Å²) in [7, 11) is 0. The molecule has 0 saturated carbocycles. The normalized spacial score (nSPS) is 9.27. The monoisotopic (exact) mass is 160 g/mol. The van der Waals surface area contributed by atoms with Crippen LogP contribution >= 0.6 is 0 Å². The Balaban J connectivity index is 0. The fourth-order valence-corrected chi connectivity index (χ4v) is 1.21. The smallest absolute Gasteiger partial charge is 0.0533 e. The molecule has 0 atom stereocenters. The number of unbranched alkanes of at least 4 members (excludes halogenated alkanes) is 7. The second kappa shape index (κ2) is 12.6. The molecular weight excluding hydrogens is 136 g/mol. The van der Waals surface area contributed by atoms with Crippen molar-refractivity contribution in [3.05, 3.63) is 0 Å². The van der Waals surface area contributed by atoms with E-state index < -0.39 is 0 Å². The van der Waals surface area contributed by atoms with Crippen molar-refractivity contribution in [1.82, 2.24) is 0 Å². The molecule has 0 rings (SSSR count). The van der Waals surface area contributed by atoms with Crippen molar-refractivity contribution in [2.24, 2.45) is 0 Å². The van der Waals surface area contributed by atoms with Gasteiger partial charge in [0.25, 0.3) is 0 Å². The third-order valence-electron chi connectivity index (χ3n) is 1.96. The first-order valence-electron chi connectivity index (χ1n) is 4.91. The molecule has 0 aromatic carbocycles. The standard InChI is InChI=1S/C10H22.H2O/c1-3-5-7-9-10-8-6-4-2;/h3-10H2,1-2H3;1H2. The number of hydrogen-bond acceptors (Lipinski definition) is 0. The van der Waals surface area contributed by atoms with Crippen molar-refractivity contribution in [2.75, 3.05) is 0 Å². The maximum Gasteiger partial charge on any atom is -0.0533 e. The van der Waals surface area contributed by atoms with E-state index in [2.05, 4.69) is 13.8 Å². The predicted molar refractivity (Wildman–Crippen MR) is 51.9 cm³/mol. The topological polar surface area (TPSA) is 31.5 Å². The van der Waals surface area contributed by atoms with Crippen LogP contribution in [0.3, 0.4) is 0 Å². The van der Waals surface area contributed by atoms with Gasteiger partial charge in [0, 0.05) is 0 Å². The van der Waals surface area contributed by atoms with Crippen LogP contribution in [0.4, 0.5) is 0 Å². The Bertz CT molecular complexity index is 44.8. The Morgan fingerprint density at radius 2 is 0.818 bits per heavy atom. The molecule has 0 bridgehead atoms. The lowest BCUT2D eigenvalue weighted by molar-refractivity contribution is 0.585. The average molecular weight is 160 g/mol. The average Bonchev–Trinajstić information content (AvgIpc) is 1.97. The Labute approximate surface area is 71.5 Å². The van der Waals surface area contributed by atoms with Gasteiger partial charge in [-0.15, -0.1) is 0 Å².